The van der Waals surface area contributed by atoms with Crippen LogP contribution in [-0.2, 0) is 0 Å². The van der Waals surface area contributed by atoms with Crippen molar-refractivity contribution in [1.29, 1.82) is 0 Å². The highest BCUT2D eigenvalue weighted by atomic mass is 32.2. The number of nitrogens with one attached hydrogen (secondary N) is 1. The van der Waals surface area contributed by atoms with Gasteiger partial charge in [-0.2, -0.15) is 11.8 Å². The second-order valence-corrected chi connectivity index (χ2v) is 5.53. The first kappa shape index (κ1) is 10.8. The van der Waals surface area contributed by atoms with Crippen molar-refractivity contribution >= 4 is 17.6 Å². The average molecular weight is 222 g/mol. The van der Waals surface area contributed by atoms with E-state index in [2.05, 4.69) is 22.6 Å². The SMILES string of the molecule is CSC1(CNc2cccc(C)n2)CCC1. The second-order valence-electron chi connectivity index (χ2n) is 4.26. The average Bonchev–Trinajstić information content (AvgIpc) is 2.17. The molecule has 1 N–H and O–H groups in total. The zero-order valence-corrected chi connectivity index (χ0v) is 10.2. The van der Waals surface area contributed by atoms with E-state index in [1.54, 1.807) is 0 Å². The Morgan fingerprint density at radius 1 is 1.47 bits per heavy atom. The van der Waals surface area contributed by atoms with Crippen LogP contribution in [-0.4, -0.2) is 22.5 Å². The largest absolute Gasteiger partial charge is 0.369 e. The zero-order valence-electron chi connectivity index (χ0n) is 9.42. The lowest BCUT2D eigenvalue weighted by molar-refractivity contribution is 0.379. The Balaban J connectivity index is 1.92. The van der Waals surface area contributed by atoms with Gasteiger partial charge in [0.25, 0.3) is 0 Å². The number of aryl methyl sites for hydroxylation is 1. The monoisotopic (exact) mass is 222 g/mol. The molecule has 1 aromatic heterocycles. The van der Waals surface area contributed by atoms with Crippen LogP contribution in [0.1, 0.15) is 25.0 Å². The van der Waals surface area contributed by atoms with Crippen LogP contribution in [0.25, 0.3) is 0 Å². The summed E-state index contributed by atoms with van der Waals surface area (Å²) in [6.45, 7) is 3.07. The van der Waals surface area contributed by atoms with Crippen LogP contribution in [0.15, 0.2) is 18.2 Å². The molecule has 15 heavy (non-hydrogen) atoms. The van der Waals surface area contributed by atoms with Gasteiger partial charge in [-0.25, -0.2) is 4.98 Å². The number of anilines is 1. The summed E-state index contributed by atoms with van der Waals surface area (Å²) in [7, 11) is 0. The van der Waals surface area contributed by atoms with E-state index in [0.29, 0.717) is 4.75 Å². The van der Waals surface area contributed by atoms with E-state index in [0.717, 1.165) is 18.1 Å². The fourth-order valence-corrected chi connectivity index (χ4v) is 2.83. The Morgan fingerprint density at radius 2 is 2.27 bits per heavy atom. The Hall–Kier alpha value is -0.700. The number of hydrogen-bond donors (Lipinski definition) is 1. The van der Waals surface area contributed by atoms with Crippen molar-refractivity contribution in [2.75, 3.05) is 18.1 Å². The minimum atomic E-state index is 0.478. The van der Waals surface area contributed by atoms with Crippen LogP contribution in [0.2, 0.25) is 0 Å². The van der Waals surface area contributed by atoms with Crippen LogP contribution >= 0.6 is 11.8 Å². The zero-order chi connectivity index (χ0) is 10.7. The molecule has 82 valence electrons. The molecule has 0 spiro atoms. The third-order valence-corrected chi connectivity index (χ3v) is 4.60. The maximum atomic E-state index is 4.45. The molecule has 0 aromatic carbocycles. The van der Waals surface area contributed by atoms with Crippen LogP contribution in [0, 0.1) is 6.92 Å². The standard InChI is InChI=1S/C12H18N2S/c1-10-5-3-6-11(14-10)13-9-12(15-2)7-4-8-12/h3,5-6H,4,7-9H2,1-2H3,(H,13,14). The molecule has 2 rings (SSSR count). The predicted molar refractivity (Wildman–Crippen MR) is 67.6 cm³/mol. The van der Waals surface area contributed by atoms with E-state index in [9.17, 15) is 0 Å². The molecule has 1 heterocycles. The Labute approximate surface area is 95.9 Å². The minimum Gasteiger partial charge on any atom is -0.369 e. The number of hydrogen-bond acceptors (Lipinski definition) is 3. The van der Waals surface area contributed by atoms with Gasteiger partial charge < -0.3 is 5.32 Å². The van der Waals surface area contributed by atoms with E-state index in [4.69, 9.17) is 0 Å². The van der Waals surface area contributed by atoms with Crippen molar-refractivity contribution in [2.45, 2.75) is 30.9 Å². The summed E-state index contributed by atoms with van der Waals surface area (Å²) < 4.78 is 0.478. The lowest BCUT2D eigenvalue weighted by Gasteiger charge is -2.40. The first-order chi connectivity index (χ1) is 7.24. The summed E-state index contributed by atoms with van der Waals surface area (Å²) in [4.78, 5) is 4.45. The van der Waals surface area contributed by atoms with E-state index >= 15 is 0 Å². The number of aromatic nitrogens is 1. The molecule has 0 radical (unpaired) electrons. The fraction of sp³-hybridized carbons (Fsp3) is 0.583. The van der Waals surface area contributed by atoms with Crippen molar-refractivity contribution in [1.82, 2.24) is 4.98 Å². The lowest BCUT2D eigenvalue weighted by Crippen LogP contribution is -2.40. The molecule has 0 bridgehead atoms. The quantitative estimate of drug-likeness (QED) is 0.847. The van der Waals surface area contributed by atoms with Gasteiger partial charge >= 0.3 is 0 Å². The molecule has 1 aliphatic rings. The summed E-state index contributed by atoms with van der Waals surface area (Å²) >= 11 is 1.99. The maximum absolute atomic E-state index is 4.45. The van der Waals surface area contributed by atoms with Gasteiger partial charge in [0, 0.05) is 17.0 Å². The molecule has 0 amide bonds. The predicted octanol–water partition coefficient (Wildman–Crippen LogP) is 3.09. The van der Waals surface area contributed by atoms with Crippen molar-refractivity contribution in [3.05, 3.63) is 23.9 Å². The van der Waals surface area contributed by atoms with E-state index in [1.807, 2.05) is 30.8 Å². The molecule has 1 fully saturated rings. The third kappa shape index (κ3) is 2.46. The van der Waals surface area contributed by atoms with Gasteiger partial charge in [-0.05, 0) is 38.2 Å². The van der Waals surface area contributed by atoms with Gasteiger partial charge in [-0.1, -0.05) is 12.5 Å². The Morgan fingerprint density at radius 3 is 2.80 bits per heavy atom. The summed E-state index contributed by atoms with van der Waals surface area (Å²) in [5, 5.41) is 3.45. The second kappa shape index (κ2) is 4.44. The molecule has 1 saturated carbocycles. The third-order valence-electron chi connectivity index (χ3n) is 3.18. The van der Waals surface area contributed by atoms with Crippen LogP contribution < -0.4 is 5.32 Å². The van der Waals surface area contributed by atoms with E-state index in [1.165, 1.54) is 19.3 Å². The van der Waals surface area contributed by atoms with Gasteiger partial charge in [0.1, 0.15) is 5.82 Å². The summed E-state index contributed by atoms with van der Waals surface area (Å²) in [6.07, 6.45) is 6.27. The molecule has 2 nitrogen and oxygen atoms in total. The number of rotatable bonds is 4. The van der Waals surface area contributed by atoms with Gasteiger partial charge in [-0.3, -0.25) is 0 Å². The van der Waals surface area contributed by atoms with Gasteiger partial charge in [0.05, 0.1) is 0 Å². The highest BCUT2D eigenvalue weighted by molar-refractivity contribution is 8.00. The van der Waals surface area contributed by atoms with Crippen molar-refractivity contribution in [3.8, 4) is 0 Å². The molecule has 1 aliphatic carbocycles. The Bertz CT molecular complexity index is 329. The molecular formula is C12H18N2S. The minimum absolute atomic E-state index is 0.478. The molecule has 0 saturated heterocycles. The molecule has 0 aliphatic heterocycles. The van der Waals surface area contributed by atoms with Crippen LogP contribution in [0.4, 0.5) is 5.82 Å². The smallest absolute Gasteiger partial charge is 0.126 e. The van der Waals surface area contributed by atoms with Crippen molar-refractivity contribution in [2.24, 2.45) is 0 Å². The van der Waals surface area contributed by atoms with Gasteiger partial charge in [0.2, 0.25) is 0 Å². The number of thioether (sulfide) groups is 1. The van der Waals surface area contributed by atoms with Gasteiger partial charge in [-0.15, -0.1) is 0 Å². The topological polar surface area (TPSA) is 24.9 Å². The number of nitrogens with zero attached hydrogens (tertiary/aromatic N) is 1. The highest BCUT2D eigenvalue weighted by Gasteiger charge is 2.35. The van der Waals surface area contributed by atoms with Crippen LogP contribution in [0.5, 0.6) is 0 Å². The normalized spacial score (nSPS) is 18.3. The van der Waals surface area contributed by atoms with Crippen LogP contribution in [0.3, 0.4) is 0 Å². The molecule has 3 heteroatoms. The summed E-state index contributed by atoms with van der Waals surface area (Å²) in [5.41, 5.74) is 1.08. The van der Waals surface area contributed by atoms with Crippen molar-refractivity contribution in [3.63, 3.8) is 0 Å². The Kier molecular flexibility index (Phi) is 3.19. The first-order valence-corrected chi connectivity index (χ1v) is 6.69. The first-order valence-electron chi connectivity index (χ1n) is 5.47. The summed E-state index contributed by atoms with van der Waals surface area (Å²) in [5.74, 6) is 1.01. The summed E-state index contributed by atoms with van der Waals surface area (Å²) in [6, 6.07) is 6.12. The highest BCUT2D eigenvalue weighted by Crippen LogP contribution is 2.42. The van der Waals surface area contributed by atoms with E-state index in [-0.39, 0.29) is 0 Å². The van der Waals surface area contributed by atoms with E-state index < -0.39 is 0 Å². The molecule has 1 aromatic rings. The molecular weight excluding hydrogens is 204 g/mol. The van der Waals surface area contributed by atoms with Crippen molar-refractivity contribution < 1.29 is 0 Å². The fourth-order valence-electron chi connectivity index (χ4n) is 1.92. The maximum Gasteiger partial charge on any atom is 0.126 e. The molecule has 0 atom stereocenters. The molecule has 0 unspecified atom stereocenters. The number of pyridine rings is 1. The van der Waals surface area contributed by atoms with Gasteiger partial charge in [0.15, 0.2) is 0 Å². The lowest BCUT2D eigenvalue weighted by atomic mass is 9.84.